The fourth-order valence-corrected chi connectivity index (χ4v) is 3.34. The summed E-state index contributed by atoms with van der Waals surface area (Å²) in [5, 5.41) is 11.5. The third-order valence-corrected chi connectivity index (χ3v) is 4.90. The van der Waals surface area contributed by atoms with Gasteiger partial charge in [0.05, 0.1) is 5.69 Å². The summed E-state index contributed by atoms with van der Waals surface area (Å²) in [6.07, 6.45) is 0. The zero-order valence-corrected chi connectivity index (χ0v) is 15.8. The summed E-state index contributed by atoms with van der Waals surface area (Å²) >= 11 is 3.31. The van der Waals surface area contributed by atoms with Crippen LogP contribution in [-0.2, 0) is 14.4 Å². The van der Waals surface area contributed by atoms with E-state index in [1.807, 2.05) is 0 Å². The lowest BCUT2D eigenvalue weighted by Crippen LogP contribution is -2.43. The maximum atomic E-state index is 13.0. The van der Waals surface area contributed by atoms with E-state index in [1.165, 1.54) is 29.3 Å². The van der Waals surface area contributed by atoms with Crippen LogP contribution in [0.15, 0.2) is 63.3 Å². The second-order valence-electron chi connectivity index (χ2n) is 6.24. The lowest BCUT2D eigenvalue weighted by Gasteiger charge is -2.20. The van der Waals surface area contributed by atoms with Gasteiger partial charge in [-0.25, -0.2) is 9.29 Å². The maximum absolute atomic E-state index is 13.0. The molecule has 0 saturated carbocycles. The molecule has 1 fully saturated rings. The monoisotopic (exact) mass is 445 g/mol. The first-order valence-corrected chi connectivity index (χ1v) is 9.09. The molecular formula is C18H13BrFN5O3. The van der Waals surface area contributed by atoms with Crippen LogP contribution < -0.4 is 10.2 Å². The number of hydrogen-bond donors (Lipinski definition) is 1. The number of nitrogens with zero attached hydrogens (tertiary/aromatic N) is 4. The summed E-state index contributed by atoms with van der Waals surface area (Å²) in [5.74, 6) is -1.86. The average molecular weight is 446 g/mol. The number of imide groups is 1. The van der Waals surface area contributed by atoms with E-state index in [0.717, 1.165) is 9.37 Å². The van der Waals surface area contributed by atoms with Crippen molar-refractivity contribution >= 4 is 45.0 Å². The van der Waals surface area contributed by atoms with Crippen LogP contribution in [0.4, 0.5) is 15.8 Å². The van der Waals surface area contributed by atoms with Gasteiger partial charge in [0.15, 0.2) is 12.1 Å². The molecule has 2 aliphatic heterocycles. The number of fused-ring (bicyclic) bond motifs is 1. The Morgan fingerprint density at radius 2 is 1.75 bits per heavy atom. The highest BCUT2D eigenvalue weighted by Crippen LogP contribution is 2.32. The SMILES string of the molecule is O=C(CN1N=N[C@H]2C(=O)N(c3ccc(Br)cc3)C(=O)[C@@H]21)Nc1ccc(F)cc1. The zero-order chi connectivity index (χ0) is 19.8. The summed E-state index contributed by atoms with van der Waals surface area (Å²) in [5.41, 5.74) is 0.836. The van der Waals surface area contributed by atoms with Crippen molar-refractivity contribution in [3.8, 4) is 0 Å². The standard InChI is InChI=1S/C18H13BrFN5O3/c19-10-1-7-13(8-2-10)25-17(27)15-16(18(25)28)24(23-22-15)9-14(26)21-12-5-3-11(20)4-6-12/h1-8,15-16H,9H2,(H,21,26)/t15-,16-/m1/s1. The molecule has 1 saturated heterocycles. The van der Waals surface area contributed by atoms with Gasteiger partial charge in [0.2, 0.25) is 5.91 Å². The molecule has 1 N–H and O–H groups in total. The number of benzene rings is 2. The number of amides is 3. The van der Waals surface area contributed by atoms with E-state index in [2.05, 4.69) is 31.6 Å². The molecule has 0 spiro atoms. The van der Waals surface area contributed by atoms with Crippen LogP contribution in [0.25, 0.3) is 0 Å². The third-order valence-electron chi connectivity index (χ3n) is 4.38. The second-order valence-corrected chi connectivity index (χ2v) is 7.15. The van der Waals surface area contributed by atoms with Gasteiger partial charge in [-0.3, -0.25) is 19.4 Å². The Morgan fingerprint density at radius 1 is 1.07 bits per heavy atom. The molecule has 2 atom stereocenters. The van der Waals surface area contributed by atoms with E-state index in [4.69, 9.17) is 0 Å². The quantitative estimate of drug-likeness (QED) is 0.731. The van der Waals surface area contributed by atoms with Crippen molar-refractivity contribution in [2.75, 3.05) is 16.8 Å². The van der Waals surface area contributed by atoms with Gasteiger partial charge in [-0.15, -0.1) is 0 Å². The molecule has 0 unspecified atom stereocenters. The van der Waals surface area contributed by atoms with E-state index in [0.29, 0.717) is 11.4 Å². The van der Waals surface area contributed by atoms with E-state index in [1.54, 1.807) is 24.3 Å². The predicted octanol–water partition coefficient (Wildman–Crippen LogP) is 2.52. The Labute approximate surface area is 167 Å². The Balaban J connectivity index is 1.48. The molecule has 8 nitrogen and oxygen atoms in total. The summed E-state index contributed by atoms with van der Waals surface area (Å²) < 4.78 is 13.8. The van der Waals surface area contributed by atoms with E-state index >= 15 is 0 Å². The van der Waals surface area contributed by atoms with E-state index in [-0.39, 0.29) is 6.54 Å². The minimum atomic E-state index is -0.977. The van der Waals surface area contributed by atoms with Crippen LogP contribution in [0.3, 0.4) is 0 Å². The molecule has 2 aromatic carbocycles. The summed E-state index contributed by atoms with van der Waals surface area (Å²) in [7, 11) is 0. The van der Waals surface area contributed by atoms with Crippen LogP contribution in [0.5, 0.6) is 0 Å². The largest absolute Gasteiger partial charge is 0.324 e. The fourth-order valence-electron chi connectivity index (χ4n) is 3.08. The van der Waals surface area contributed by atoms with Gasteiger partial charge in [-0.05, 0) is 48.5 Å². The predicted molar refractivity (Wildman–Crippen MR) is 101 cm³/mol. The molecule has 2 aromatic rings. The maximum Gasteiger partial charge on any atom is 0.263 e. The fraction of sp³-hybridized carbons (Fsp3) is 0.167. The number of rotatable bonds is 4. The summed E-state index contributed by atoms with van der Waals surface area (Å²) in [6, 6.07) is 10.1. The Morgan fingerprint density at radius 3 is 2.43 bits per heavy atom. The van der Waals surface area contributed by atoms with Gasteiger partial charge in [-0.1, -0.05) is 21.2 Å². The smallest absolute Gasteiger partial charge is 0.263 e. The van der Waals surface area contributed by atoms with Crippen LogP contribution in [0.1, 0.15) is 0 Å². The molecule has 0 aromatic heterocycles. The van der Waals surface area contributed by atoms with Crippen LogP contribution in [0.2, 0.25) is 0 Å². The first-order chi connectivity index (χ1) is 13.4. The zero-order valence-electron chi connectivity index (χ0n) is 14.3. The highest BCUT2D eigenvalue weighted by molar-refractivity contribution is 9.10. The molecule has 3 amide bonds. The van der Waals surface area contributed by atoms with Gasteiger partial charge < -0.3 is 5.32 Å². The number of carbonyl (C=O) groups excluding carboxylic acids is 3. The van der Waals surface area contributed by atoms with Gasteiger partial charge in [0.1, 0.15) is 12.4 Å². The second kappa shape index (κ2) is 7.12. The van der Waals surface area contributed by atoms with Crippen LogP contribution >= 0.6 is 15.9 Å². The molecule has 2 aliphatic rings. The Hall–Kier alpha value is -3.14. The van der Waals surface area contributed by atoms with Crippen molar-refractivity contribution in [1.29, 1.82) is 0 Å². The number of anilines is 2. The first-order valence-electron chi connectivity index (χ1n) is 8.30. The average Bonchev–Trinajstić information content (AvgIpc) is 3.18. The molecule has 10 heteroatoms. The summed E-state index contributed by atoms with van der Waals surface area (Å²) in [4.78, 5) is 38.8. The van der Waals surface area contributed by atoms with E-state index < -0.39 is 35.6 Å². The molecule has 2 heterocycles. The van der Waals surface area contributed by atoms with Crippen molar-refractivity contribution in [2.24, 2.45) is 10.3 Å². The molecule has 0 aliphatic carbocycles. The molecular weight excluding hydrogens is 433 g/mol. The Kier molecular flexibility index (Phi) is 4.63. The van der Waals surface area contributed by atoms with Gasteiger partial charge in [0, 0.05) is 10.2 Å². The van der Waals surface area contributed by atoms with Crippen molar-refractivity contribution in [3.05, 3.63) is 58.8 Å². The first kappa shape index (κ1) is 18.2. The topological polar surface area (TPSA) is 94.4 Å². The molecule has 0 bridgehead atoms. The molecule has 142 valence electrons. The number of nitrogens with one attached hydrogen (secondary N) is 1. The minimum Gasteiger partial charge on any atom is -0.324 e. The van der Waals surface area contributed by atoms with E-state index in [9.17, 15) is 18.8 Å². The van der Waals surface area contributed by atoms with Gasteiger partial charge in [-0.2, -0.15) is 5.11 Å². The van der Waals surface area contributed by atoms with Crippen LogP contribution in [0, 0.1) is 5.82 Å². The number of halogens is 2. The molecule has 28 heavy (non-hydrogen) atoms. The summed E-state index contributed by atoms with van der Waals surface area (Å²) in [6.45, 7) is -0.269. The lowest BCUT2D eigenvalue weighted by molar-refractivity contribution is -0.123. The van der Waals surface area contributed by atoms with Crippen LogP contribution in [-0.4, -0.2) is 41.4 Å². The molecule has 0 radical (unpaired) electrons. The third kappa shape index (κ3) is 3.26. The lowest BCUT2D eigenvalue weighted by atomic mass is 10.1. The van der Waals surface area contributed by atoms with Crippen molar-refractivity contribution in [2.45, 2.75) is 12.1 Å². The van der Waals surface area contributed by atoms with Crippen molar-refractivity contribution in [1.82, 2.24) is 5.01 Å². The Bertz CT molecular complexity index is 980. The van der Waals surface area contributed by atoms with Gasteiger partial charge >= 0.3 is 0 Å². The number of hydrogen-bond acceptors (Lipinski definition) is 6. The minimum absolute atomic E-state index is 0.269. The highest BCUT2D eigenvalue weighted by atomic mass is 79.9. The van der Waals surface area contributed by atoms with Crippen molar-refractivity contribution < 1.29 is 18.8 Å². The van der Waals surface area contributed by atoms with Crippen molar-refractivity contribution in [3.63, 3.8) is 0 Å². The normalized spacial score (nSPS) is 20.6. The highest BCUT2D eigenvalue weighted by Gasteiger charge is 2.55. The number of carbonyl (C=O) groups is 3. The van der Waals surface area contributed by atoms with Gasteiger partial charge in [0.25, 0.3) is 11.8 Å². The molecule has 4 rings (SSSR count).